The third kappa shape index (κ3) is 4.45. The van der Waals surface area contributed by atoms with Crippen LogP contribution in [0.25, 0.3) is 0 Å². The molecular formula is C28H32N4O2. The Morgan fingerprint density at radius 3 is 2.65 bits per heavy atom. The Hall–Kier alpha value is -3.17. The normalized spacial score (nSPS) is 22.9. The fraction of sp³-hybridized carbons (Fsp3) is 0.464. The van der Waals surface area contributed by atoms with Gasteiger partial charge >= 0.3 is 0 Å². The highest BCUT2D eigenvalue weighted by Crippen LogP contribution is 2.39. The quantitative estimate of drug-likeness (QED) is 0.734. The van der Waals surface area contributed by atoms with Crippen molar-refractivity contribution in [3.63, 3.8) is 0 Å². The number of aryl methyl sites for hydroxylation is 1. The molecule has 34 heavy (non-hydrogen) atoms. The van der Waals surface area contributed by atoms with Crippen LogP contribution >= 0.6 is 0 Å². The van der Waals surface area contributed by atoms with E-state index in [9.17, 15) is 9.59 Å². The summed E-state index contributed by atoms with van der Waals surface area (Å²) in [6, 6.07) is 15.6. The van der Waals surface area contributed by atoms with E-state index in [1.54, 1.807) is 24.3 Å². The van der Waals surface area contributed by atoms with Gasteiger partial charge in [0.2, 0.25) is 5.91 Å². The summed E-state index contributed by atoms with van der Waals surface area (Å²) in [6.45, 7) is 4.76. The molecule has 2 aliphatic carbocycles. The molecule has 0 spiro atoms. The van der Waals surface area contributed by atoms with Gasteiger partial charge in [-0.1, -0.05) is 25.0 Å². The minimum Gasteiger partial charge on any atom is -0.337 e. The van der Waals surface area contributed by atoms with E-state index >= 15 is 0 Å². The van der Waals surface area contributed by atoms with E-state index in [1.165, 1.54) is 24.0 Å². The molecule has 0 bridgehead atoms. The molecule has 2 aromatic carbocycles. The molecule has 5 rings (SSSR count). The van der Waals surface area contributed by atoms with Crippen LogP contribution in [0.5, 0.6) is 0 Å². The molecule has 6 nitrogen and oxygen atoms in total. The fourth-order valence-electron chi connectivity index (χ4n) is 5.97. The lowest BCUT2D eigenvalue weighted by Gasteiger charge is -2.43. The molecule has 0 aromatic heterocycles. The van der Waals surface area contributed by atoms with E-state index in [0.29, 0.717) is 23.1 Å². The molecule has 6 heteroatoms. The smallest absolute Gasteiger partial charge is 0.255 e. The molecule has 3 aliphatic rings. The Kier molecular flexibility index (Phi) is 6.38. The Morgan fingerprint density at radius 2 is 1.88 bits per heavy atom. The molecule has 2 amide bonds. The van der Waals surface area contributed by atoms with Crippen LogP contribution in [0.2, 0.25) is 0 Å². The average molecular weight is 457 g/mol. The van der Waals surface area contributed by atoms with Crippen LogP contribution in [0.15, 0.2) is 42.5 Å². The highest BCUT2D eigenvalue weighted by molar-refractivity contribution is 6.04. The van der Waals surface area contributed by atoms with Gasteiger partial charge in [-0.05, 0) is 74.1 Å². The molecule has 0 radical (unpaired) electrons. The predicted molar refractivity (Wildman–Crippen MR) is 131 cm³/mol. The summed E-state index contributed by atoms with van der Waals surface area (Å²) in [6.07, 6.45) is 6.58. The number of anilines is 1. The topological polar surface area (TPSA) is 76.4 Å². The molecule has 1 unspecified atom stereocenters. The summed E-state index contributed by atoms with van der Waals surface area (Å²) < 4.78 is 0. The lowest BCUT2D eigenvalue weighted by atomic mass is 10.0. The zero-order chi connectivity index (χ0) is 23.7. The number of carbonyl (C=O) groups excluding carboxylic acids is 2. The number of nitriles is 1. The SMILES string of the molecule is C[C@@H]1CN(C2CCc3ccc(NC(=O)c4cccc(C#N)c4)cc32)CCN1C(=O)C1CCCC1. The first-order valence-electron chi connectivity index (χ1n) is 12.5. The van der Waals surface area contributed by atoms with Crippen LogP contribution in [0.1, 0.15) is 72.1 Å². The average Bonchev–Trinajstić information content (AvgIpc) is 3.54. The van der Waals surface area contributed by atoms with Crippen molar-refractivity contribution in [3.05, 3.63) is 64.7 Å². The fourth-order valence-corrected chi connectivity index (χ4v) is 5.97. The summed E-state index contributed by atoms with van der Waals surface area (Å²) in [5, 5.41) is 12.1. The minimum atomic E-state index is -0.209. The molecular weight excluding hydrogens is 424 g/mol. The van der Waals surface area contributed by atoms with Gasteiger partial charge < -0.3 is 10.2 Å². The van der Waals surface area contributed by atoms with Gasteiger partial charge in [0.05, 0.1) is 11.6 Å². The second kappa shape index (κ2) is 9.60. The monoisotopic (exact) mass is 456 g/mol. The second-order valence-corrected chi connectivity index (χ2v) is 9.97. The largest absolute Gasteiger partial charge is 0.337 e. The van der Waals surface area contributed by atoms with Crippen molar-refractivity contribution >= 4 is 17.5 Å². The summed E-state index contributed by atoms with van der Waals surface area (Å²) in [7, 11) is 0. The van der Waals surface area contributed by atoms with Gasteiger partial charge in [-0.25, -0.2) is 0 Å². The Bertz CT molecular complexity index is 1130. The molecule has 2 fully saturated rings. The van der Waals surface area contributed by atoms with E-state index in [4.69, 9.17) is 5.26 Å². The highest BCUT2D eigenvalue weighted by Gasteiger charge is 2.37. The van der Waals surface area contributed by atoms with Crippen molar-refractivity contribution in [1.82, 2.24) is 9.80 Å². The van der Waals surface area contributed by atoms with Gasteiger partial charge in [-0.15, -0.1) is 0 Å². The number of amides is 2. The van der Waals surface area contributed by atoms with Crippen molar-refractivity contribution in [2.75, 3.05) is 25.0 Å². The van der Waals surface area contributed by atoms with Crippen LogP contribution in [-0.2, 0) is 11.2 Å². The zero-order valence-electron chi connectivity index (χ0n) is 19.8. The number of rotatable bonds is 4. The second-order valence-electron chi connectivity index (χ2n) is 9.97. The van der Waals surface area contributed by atoms with E-state index in [1.807, 2.05) is 6.07 Å². The Labute approximate surface area is 201 Å². The Morgan fingerprint density at radius 1 is 1.06 bits per heavy atom. The predicted octanol–water partition coefficient (Wildman–Crippen LogP) is 4.52. The molecule has 1 saturated heterocycles. The van der Waals surface area contributed by atoms with Gasteiger partial charge in [0.1, 0.15) is 0 Å². The molecule has 1 heterocycles. The lowest BCUT2D eigenvalue weighted by molar-refractivity contribution is -0.140. The maximum Gasteiger partial charge on any atom is 0.255 e. The van der Waals surface area contributed by atoms with E-state index < -0.39 is 0 Å². The van der Waals surface area contributed by atoms with Crippen LogP contribution in [0, 0.1) is 17.2 Å². The van der Waals surface area contributed by atoms with Crippen molar-refractivity contribution in [2.24, 2.45) is 5.92 Å². The third-order valence-corrected chi connectivity index (χ3v) is 7.79. The van der Waals surface area contributed by atoms with Crippen molar-refractivity contribution in [3.8, 4) is 6.07 Å². The standard InChI is InChI=1S/C28H32N4O2/c1-19-18-31(13-14-32(19)28(34)22-6-2-3-7-22)26-12-10-21-9-11-24(16-25(21)26)30-27(33)23-8-4-5-20(15-23)17-29/h4-5,8-9,11,15-16,19,22,26H,2-3,6-7,10,12-14,18H2,1H3,(H,30,33)/t19-,26?/m1/s1. The maximum atomic E-state index is 13.0. The first-order valence-corrected chi connectivity index (χ1v) is 12.5. The van der Waals surface area contributed by atoms with E-state index in [0.717, 1.165) is 51.0 Å². The molecule has 1 aliphatic heterocycles. The van der Waals surface area contributed by atoms with Gasteiger partial charge in [0.25, 0.3) is 5.91 Å². The van der Waals surface area contributed by atoms with Crippen LogP contribution in [0.4, 0.5) is 5.69 Å². The number of nitrogens with one attached hydrogen (secondary N) is 1. The van der Waals surface area contributed by atoms with Crippen LogP contribution in [0.3, 0.4) is 0 Å². The zero-order valence-corrected chi connectivity index (χ0v) is 19.8. The number of hydrogen-bond acceptors (Lipinski definition) is 4. The molecule has 2 aromatic rings. The lowest BCUT2D eigenvalue weighted by Crippen LogP contribution is -2.55. The summed E-state index contributed by atoms with van der Waals surface area (Å²) in [4.78, 5) is 30.4. The van der Waals surface area contributed by atoms with E-state index in [-0.39, 0.29) is 17.9 Å². The molecule has 1 N–H and O–H groups in total. The van der Waals surface area contributed by atoms with Gasteiger partial charge in [-0.3, -0.25) is 14.5 Å². The first-order chi connectivity index (χ1) is 16.5. The molecule has 2 atom stereocenters. The molecule has 1 saturated carbocycles. The minimum absolute atomic E-state index is 0.209. The first kappa shape index (κ1) is 22.6. The number of hydrogen-bond donors (Lipinski definition) is 1. The number of piperazine rings is 1. The van der Waals surface area contributed by atoms with Crippen molar-refractivity contribution in [1.29, 1.82) is 5.26 Å². The van der Waals surface area contributed by atoms with Gasteiger partial charge in [-0.2, -0.15) is 5.26 Å². The van der Waals surface area contributed by atoms with Crippen molar-refractivity contribution in [2.45, 2.75) is 57.5 Å². The summed E-state index contributed by atoms with van der Waals surface area (Å²) >= 11 is 0. The molecule has 176 valence electrons. The summed E-state index contributed by atoms with van der Waals surface area (Å²) in [5.41, 5.74) is 4.35. The van der Waals surface area contributed by atoms with Crippen molar-refractivity contribution < 1.29 is 9.59 Å². The highest BCUT2D eigenvalue weighted by atomic mass is 16.2. The van der Waals surface area contributed by atoms with Crippen LogP contribution < -0.4 is 5.32 Å². The third-order valence-electron chi connectivity index (χ3n) is 7.79. The van der Waals surface area contributed by atoms with Gasteiger partial charge in [0.15, 0.2) is 0 Å². The number of nitrogens with zero attached hydrogens (tertiary/aromatic N) is 3. The number of carbonyl (C=O) groups is 2. The maximum absolute atomic E-state index is 13.0. The van der Waals surface area contributed by atoms with E-state index in [2.05, 4.69) is 40.2 Å². The summed E-state index contributed by atoms with van der Waals surface area (Å²) in [5.74, 6) is 0.391. The van der Waals surface area contributed by atoms with Gasteiger partial charge in [0, 0.05) is 48.9 Å². The van der Waals surface area contributed by atoms with Crippen LogP contribution in [-0.4, -0.2) is 47.3 Å². The number of benzene rings is 2. The number of fused-ring (bicyclic) bond motifs is 1. The Balaban J connectivity index is 1.27.